The zero-order valence-corrected chi connectivity index (χ0v) is 11.4. The van der Waals surface area contributed by atoms with Gasteiger partial charge in [-0.3, -0.25) is 4.72 Å². The molecule has 1 N–H and O–H groups in total. The zero-order chi connectivity index (χ0) is 13.9. The predicted molar refractivity (Wildman–Crippen MR) is 74.1 cm³/mol. The summed E-state index contributed by atoms with van der Waals surface area (Å²) in [5, 5.41) is 0.0247. The van der Waals surface area contributed by atoms with Crippen LogP contribution >= 0.6 is 11.6 Å². The van der Waals surface area contributed by atoms with Gasteiger partial charge >= 0.3 is 0 Å². The Morgan fingerprint density at radius 3 is 2.42 bits per heavy atom. The Morgan fingerprint density at radius 2 is 1.79 bits per heavy atom. The maximum absolute atomic E-state index is 12.9. The van der Waals surface area contributed by atoms with E-state index < -0.39 is 15.8 Å². The van der Waals surface area contributed by atoms with Gasteiger partial charge in [0.1, 0.15) is 5.82 Å². The molecule has 0 radical (unpaired) electrons. The Balaban J connectivity index is 2.17. The Morgan fingerprint density at radius 1 is 1.11 bits per heavy atom. The molecule has 3 nitrogen and oxygen atoms in total. The molecule has 19 heavy (non-hydrogen) atoms. The second-order valence-electron chi connectivity index (χ2n) is 3.97. The number of nitrogens with one attached hydrogen (secondary N) is 1. The van der Waals surface area contributed by atoms with E-state index in [0.29, 0.717) is 5.56 Å². The maximum atomic E-state index is 12.9. The van der Waals surface area contributed by atoms with Crippen LogP contribution < -0.4 is 4.72 Å². The van der Waals surface area contributed by atoms with Crippen molar-refractivity contribution in [3.63, 3.8) is 0 Å². The van der Waals surface area contributed by atoms with Crippen molar-refractivity contribution in [2.24, 2.45) is 0 Å². The minimum Gasteiger partial charge on any atom is -0.282 e. The van der Waals surface area contributed by atoms with Crippen molar-refractivity contribution in [3.05, 3.63) is 64.9 Å². The second kappa shape index (κ2) is 5.59. The highest BCUT2D eigenvalue weighted by molar-refractivity contribution is 7.91. The van der Waals surface area contributed by atoms with Crippen molar-refractivity contribution < 1.29 is 12.8 Å². The van der Waals surface area contributed by atoms with E-state index in [-0.39, 0.29) is 16.5 Å². The minimum absolute atomic E-state index is 0.0247. The number of anilines is 1. The van der Waals surface area contributed by atoms with E-state index in [4.69, 9.17) is 11.6 Å². The summed E-state index contributed by atoms with van der Waals surface area (Å²) < 4.78 is 39.1. The van der Waals surface area contributed by atoms with E-state index in [9.17, 15) is 12.8 Å². The molecule has 6 heteroatoms. The monoisotopic (exact) mass is 299 g/mol. The number of halogens is 2. The average Bonchev–Trinajstić information content (AvgIpc) is 2.33. The van der Waals surface area contributed by atoms with Crippen LogP contribution in [0.1, 0.15) is 5.56 Å². The van der Waals surface area contributed by atoms with Gasteiger partial charge in [-0.15, -0.1) is 0 Å². The van der Waals surface area contributed by atoms with Crippen LogP contribution in [0.3, 0.4) is 0 Å². The normalized spacial score (nSPS) is 11.3. The van der Waals surface area contributed by atoms with Crippen LogP contribution in [0, 0.1) is 5.82 Å². The van der Waals surface area contributed by atoms with Crippen LogP contribution in [0.15, 0.2) is 48.5 Å². The van der Waals surface area contributed by atoms with E-state index in [1.165, 1.54) is 6.07 Å². The minimum atomic E-state index is -3.58. The van der Waals surface area contributed by atoms with Crippen molar-refractivity contribution in [1.82, 2.24) is 0 Å². The van der Waals surface area contributed by atoms with Gasteiger partial charge in [0, 0.05) is 0 Å². The summed E-state index contributed by atoms with van der Waals surface area (Å²) in [5.74, 6) is -0.683. The van der Waals surface area contributed by atoms with E-state index in [0.717, 1.165) is 12.1 Å². The third-order valence-corrected chi connectivity index (χ3v) is 3.95. The average molecular weight is 300 g/mol. The summed E-state index contributed by atoms with van der Waals surface area (Å²) in [6.45, 7) is 0. The molecule has 100 valence electrons. The molecule has 0 aliphatic rings. The first-order chi connectivity index (χ1) is 8.96. The molecule has 2 aromatic carbocycles. The molecule has 0 spiro atoms. The molecule has 0 unspecified atom stereocenters. The summed E-state index contributed by atoms with van der Waals surface area (Å²) in [5.41, 5.74) is 0.826. The lowest BCUT2D eigenvalue weighted by atomic mass is 10.2. The standard InChI is InChI=1S/C13H11ClFNO2S/c14-12-8-11(15)6-7-13(12)16-19(17,18)9-10-4-2-1-3-5-10/h1-8,16H,9H2. The molecule has 0 amide bonds. The van der Waals surface area contributed by atoms with Gasteiger partial charge in [0.05, 0.1) is 16.5 Å². The molecule has 0 heterocycles. The van der Waals surface area contributed by atoms with Crippen LogP contribution in [0.4, 0.5) is 10.1 Å². The summed E-state index contributed by atoms with van der Waals surface area (Å²) >= 11 is 5.77. The highest BCUT2D eigenvalue weighted by Crippen LogP contribution is 2.24. The zero-order valence-electron chi connectivity index (χ0n) is 9.81. The second-order valence-corrected chi connectivity index (χ2v) is 6.10. The van der Waals surface area contributed by atoms with E-state index in [1.807, 2.05) is 0 Å². The van der Waals surface area contributed by atoms with Crippen LogP contribution in [0.25, 0.3) is 0 Å². The molecule has 0 saturated carbocycles. The molecule has 2 rings (SSSR count). The molecule has 0 saturated heterocycles. The smallest absolute Gasteiger partial charge is 0.236 e. The molecular weight excluding hydrogens is 289 g/mol. The highest BCUT2D eigenvalue weighted by Gasteiger charge is 2.13. The number of sulfonamides is 1. The number of hydrogen-bond acceptors (Lipinski definition) is 2. The summed E-state index contributed by atoms with van der Waals surface area (Å²) in [4.78, 5) is 0. The van der Waals surface area contributed by atoms with E-state index >= 15 is 0 Å². The largest absolute Gasteiger partial charge is 0.282 e. The fraction of sp³-hybridized carbons (Fsp3) is 0.0769. The van der Waals surface area contributed by atoms with Gasteiger partial charge in [0.25, 0.3) is 0 Å². The van der Waals surface area contributed by atoms with Crippen molar-refractivity contribution in [2.45, 2.75) is 5.75 Å². The first-order valence-electron chi connectivity index (χ1n) is 5.46. The summed E-state index contributed by atoms with van der Waals surface area (Å²) in [6, 6.07) is 12.2. The Kier molecular flexibility index (Phi) is 4.07. The van der Waals surface area contributed by atoms with E-state index in [2.05, 4.69) is 4.72 Å². The fourth-order valence-electron chi connectivity index (χ4n) is 1.57. The number of rotatable bonds is 4. The summed E-state index contributed by atoms with van der Waals surface area (Å²) in [6.07, 6.45) is 0. The van der Waals surface area contributed by atoms with Crippen molar-refractivity contribution in [2.75, 3.05) is 4.72 Å². The Hall–Kier alpha value is -1.59. The molecule has 0 bridgehead atoms. The van der Waals surface area contributed by atoms with Crippen molar-refractivity contribution in [1.29, 1.82) is 0 Å². The lowest BCUT2D eigenvalue weighted by molar-refractivity contribution is 0.600. The SMILES string of the molecule is O=S(=O)(Cc1ccccc1)Nc1ccc(F)cc1Cl. The third kappa shape index (κ3) is 3.94. The first-order valence-corrected chi connectivity index (χ1v) is 7.49. The predicted octanol–water partition coefficient (Wildman–Crippen LogP) is 3.42. The van der Waals surface area contributed by atoms with Crippen LogP contribution in [0.5, 0.6) is 0 Å². The molecule has 0 fully saturated rings. The molecule has 2 aromatic rings. The van der Waals surface area contributed by atoms with E-state index in [1.54, 1.807) is 30.3 Å². The Labute approximate surface area is 116 Å². The number of hydrogen-bond donors (Lipinski definition) is 1. The van der Waals surface area contributed by atoms with Crippen molar-refractivity contribution >= 4 is 27.3 Å². The fourth-order valence-corrected chi connectivity index (χ4v) is 3.06. The Bertz CT molecular complexity index is 674. The first kappa shape index (κ1) is 13.8. The molecule has 0 aromatic heterocycles. The lowest BCUT2D eigenvalue weighted by Crippen LogP contribution is -2.15. The van der Waals surface area contributed by atoms with Gasteiger partial charge in [0.15, 0.2) is 0 Å². The highest BCUT2D eigenvalue weighted by atomic mass is 35.5. The van der Waals surface area contributed by atoms with Crippen LogP contribution in [0.2, 0.25) is 5.02 Å². The molecule has 0 atom stereocenters. The van der Waals surface area contributed by atoms with Gasteiger partial charge in [-0.2, -0.15) is 0 Å². The topological polar surface area (TPSA) is 46.2 Å². The van der Waals surface area contributed by atoms with Gasteiger partial charge in [-0.25, -0.2) is 12.8 Å². The van der Waals surface area contributed by atoms with Gasteiger partial charge in [0.2, 0.25) is 10.0 Å². The van der Waals surface area contributed by atoms with Gasteiger partial charge in [-0.05, 0) is 23.8 Å². The summed E-state index contributed by atoms with van der Waals surface area (Å²) in [7, 11) is -3.58. The van der Waals surface area contributed by atoms with Crippen molar-refractivity contribution in [3.8, 4) is 0 Å². The molecule has 0 aliphatic carbocycles. The van der Waals surface area contributed by atoms with Gasteiger partial charge < -0.3 is 0 Å². The lowest BCUT2D eigenvalue weighted by Gasteiger charge is -2.09. The third-order valence-electron chi connectivity index (χ3n) is 2.40. The van der Waals surface area contributed by atoms with Crippen LogP contribution in [-0.4, -0.2) is 8.42 Å². The maximum Gasteiger partial charge on any atom is 0.236 e. The van der Waals surface area contributed by atoms with Crippen LogP contribution in [-0.2, 0) is 15.8 Å². The van der Waals surface area contributed by atoms with Gasteiger partial charge in [-0.1, -0.05) is 41.9 Å². The number of benzene rings is 2. The quantitative estimate of drug-likeness (QED) is 0.940. The molecular formula is C13H11ClFNO2S. The molecule has 0 aliphatic heterocycles.